The maximum Gasteiger partial charge on any atom is 0.0114 e. The summed E-state index contributed by atoms with van der Waals surface area (Å²) in [5.74, 6) is 1.12. The molecule has 2 heteroatoms. The molecule has 1 aliphatic carbocycles. The van der Waals surface area contributed by atoms with Gasteiger partial charge in [0.05, 0.1) is 0 Å². The Morgan fingerprint density at radius 1 is 1.06 bits per heavy atom. The molecular formula is C15H28N2. The third-order valence-corrected chi connectivity index (χ3v) is 5.10. The second-order valence-electron chi connectivity index (χ2n) is 6.43. The molecule has 0 radical (unpaired) electrons. The summed E-state index contributed by atoms with van der Waals surface area (Å²) in [5.41, 5.74) is 0. The highest BCUT2D eigenvalue weighted by Crippen LogP contribution is 2.37. The summed E-state index contributed by atoms with van der Waals surface area (Å²) in [7, 11) is 0. The van der Waals surface area contributed by atoms with Gasteiger partial charge < -0.3 is 5.32 Å². The second-order valence-corrected chi connectivity index (χ2v) is 6.43. The summed E-state index contributed by atoms with van der Waals surface area (Å²) in [4.78, 5) is 2.86. The molecule has 0 amide bonds. The van der Waals surface area contributed by atoms with Crippen molar-refractivity contribution in [1.29, 1.82) is 0 Å². The molecule has 0 aromatic heterocycles. The molecule has 1 saturated carbocycles. The van der Waals surface area contributed by atoms with E-state index in [2.05, 4.69) is 17.1 Å². The third kappa shape index (κ3) is 2.85. The maximum atomic E-state index is 3.66. The van der Waals surface area contributed by atoms with Gasteiger partial charge >= 0.3 is 0 Å². The molecule has 2 aliphatic heterocycles. The van der Waals surface area contributed by atoms with E-state index in [1.807, 2.05) is 0 Å². The van der Waals surface area contributed by atoms with Crippen molar-refractivity contribution in [3.63, 3.8) is 0 Å². The fourth-order valence-electron chi connectivity index (χ4n) is 4.06. The molecule has 0 spiro atoms. The minimum Gasteiger partial charge on any atom is -0.314 e. The molecule has 2 heterocycles. The van der Waals surface area contributed by atoms with Crippen LogP contribution in [0.15, 0.2) is 0 Å². The largest absolute Gasteiger partial charge is 0.314 e. The van der Waals surface area contributed by atoms with Gasteiger partial charge in [-0.15, -0.1) is 0 Å². The van der Waals surface area contributed by atoms with Gasteiger partial charge in [0.25, 0.3) is 0 Å². The van der Waals surface area contributed by atoms with Gasteiger partial charge in [-0.2, -0.15) is 0 Å². The van der Waals surface area contributed by atoms with Gasteiger partial charge in [-0.05, 0) is 57.5 Å². The lowest BCUT2D eigenvalue weighted by molar-refractivity contribution is 0.115. The Morgan fingerprint density at radius 3 is 2.35 bits per heavy atom. The fraction of sp³-hybridized carbons (Fsp3) is 1.00. The van der Waals surface area contributed by atoms with Crippen molar-refractivity contribution in [3.8, 4) is 0 Å². The Balaban J connectivity index is 1.46. The number of nitrogens with one attached hydrogen (secondary N) is 1. The quantitative estimate of drug-likeness (QED) is 0.763. The number of hydrogen-bond acceptors (Lipinski definition) is 2. The van der Waals surface area contributed by atoms with Crippen LogP contribution in [0.2, 0.25) is 0 Å². The van der Waals surface area contributed by atoms with Crippen LogP contribution in [0.25, 0.3) is 0 Å². The number of piperidine rings is 1. The first-order chi connectivity index (χ1) is 8.36. The van der Waals surface area contributed by atoms with Crippen LogP contribution in [-0.2, 0) is 0 Å². The number of fused-ring (bicyclic) bond motifs is 2. The molecule has 3 rings (SSSR count). The highest BCUT2D eigenvalue weighted by molar-refractivity contribution is 4.97. The van der Waals surface area contributed by atoms with Gasteiger partial charge in [-0.25, -0.2) is 0 Å². The van der Waals surface area contributed by atoms with E-state index in [0.29, 0.717) is 0 Å². The van der Waals surface area contributed by atoms with Crippen molar-refractivity contribution in [2.45, 2.75) is 76.4 Å². The van der Waals surface area contributed by atoms with Crippen LogP contribution in [0.1, 0.15) is 58.3 Å². The van der Waals surface area contributed by atoms with Gasteiger partial charge in [-0.1, -0.05) is 19.8 Å². The van der Waals surface area contributed by atoms with Crippen LogP contribution in [0, 0.1) is 5.92 Å². The molecule has 2 bridgehead atoms. The van der Waals surface area contributed by atoms with Crippen LogP contribution in [0.5, 0.6) is 0 Å². The lowest BCUT2D eigenvalue weighted by Gasteiger charge is -2.39. The summed E-state index contributed by atoms with van der Waals surface area (Å²) >= 11 is 0. The Bertz CT molecular complexity index is 235. The molecule has 0 aromatic carbocycles. The first kappa shape index (κ1) is 12.0. The lowest BCUT2D eigenvalue weighted by atomic mass is 9.97. The second kappa shape index (κ2) is 5.27. The molecule has 98 valence electrons. The zero-order valence-electron chi connectivity index (χ0n) is 11.3. The highest BCUT2D eigenvalue weighted by Gasteiger charge is 2.39. The number of nitrogens with zero attached hydrogens (tertiary/aromatic N) is 1. The van der Waals surface area contributed by atoms with Gasteiger partial charge in [0.15, 0.2) is 0 Å². The van der Waals surface area contributed by atoms with Gasteiger partial charge in [0, 0.05) is 18.1 Å². The SMILES string of the molecule is CCNC1CC2CCC(C1)N2CCCC1CC1. The zero-order chi connectivity index (χ0) is 11.7. The molecule has 1 N–H and O–H groups in total. The van der Waals surface area contributed by atoms with E-state index in [0.717, 1.165) is 30.6 Å². The van der Waals surface area contributed by atoms with Crippen LogP contribution in [0.4, 0.5) is 0 Å². The first-order valence-electron chi connectivity index (χ1n) is 7.86. The average Bonchev–Trinajstić information content (AvgIpc) is 3.09. The van der Waals surface area contributed by atoms with Crippen molar-refractivity contribution in [3.05, 3.63) is 0 Å². The van der Waals surface area contributed by atoms with E-state index in [1.54, 1.807) is 0 Å². The van der Waals surface area contributed by atoms with Gasteiger partial charge in [-0.3, -0.25) is 4.90 Å². The van der Waals surface area contributed by atoms with Crippen molar-refractivity contribution >= 4 is 0 Å². The van der Waals surface area contributed by atoms with Crippen LogP contribution >= 0.6 is 0 Å². The van der Waals surface area contributed by atoms with Crippen LogP contribution in [-0.4, -0.2) is 36.1 Å². The van der Waals surface area contributed by atoms with E-state index in [4.69, 9.17) is 0 Å². The van der Waals surface area contributed by atoms with E-state index < -0.39 is 0 Å². The molecule has 3 fully saturated rings. The summed E-state index contributed by atoms with van der Waals surface area (Å²) < 4.78 is 0. The molecule has 2 atom stereocenters. The van der Waals surface area contributed by atoms with Crippen molar-refractivity contribution in [2.75, 3.05) is 13.1 Å². The Morgan fingerprint density at radius 2 is 1.76 bits per heavy atom. The summed E-state index contributed by atoms with van der Waals surface area (Å²) in [6.07, 6.45) is 11.8. The number of hydrogen-bond donors (Lipinski definition) is 1. The highest BCUT2D eigenvalue weighted by atomic mass is 15.2. The standard InChI is InChI=1S/C15H28N2/c1-2-16-13-10-14-7-8-15(11-13)17(14)9-3-4-12-5-6-12/h12-16H,2-11H2,1H3. The van der Waals surface area contributed by atoms with Crippen molar-refractivity contribution in [1.82, 2.24) is 10.2 Å². The Hall–Kier alpha value is -0.0800. The Labute approximate surface area is 106 Å². The first-order valence-corrected chi connectivity index (χ1v) is 7.86. The predicted molar refractivity (Wildman–Crippen MR) is 72.2 cm³/mol. The molecule has 2 nitrogen and oxygen atoms in total. The summed E-state index contributed by atoms with van der Waals surface area (Å²) in [6.45, 7) is 4.78. The Kier molecular flexibility index (Phi) is 3.72. The molecule has 2 unspecified atom stereocenters. The molecule has 3 aliphatic rings. The van der Waals surface area contributed by atoms with Crippen molar-refractivity contribution < 1.29 is 0 Å². The lowest BCUT2D eigenvalue weighted by Crippen LogP contribution is -2.49. The van der Waals surface area contributed by atoms with Crippen molar-refractivity contribution in [2.24, 2.45) is 5.92 Å². The minimum absolute atomic E-state index is 0.817. The molecule has 2 saturated heterocycles. The number of rotatable bonds is 6. The van der Waals surface area contributed by atoms with Crippen LogP contribution in [0.3, 0.4) is 0 Å². The fourth-order valence-corrected chi connectivity index (χ4v) is 4.06. The predicted octanol–water partition coefficient (Wildman–Crippen LogP) is 2.78. The van der Waals surface area contributed by atoms with E-state index in [-0.39, 0.29) is 0 Å². The minimum atomic E-state index is 0.817. The van der Waals surface area contributed by atoms with E-state index in [1.165, 1.54) is 57.9 Å². The third-order valence-electron chi connectivity index (χ3n) is 5.10. The molecule has 17 heavy (non-hydrogen) atoms. The average molecular weight is 236 g/mol. The van der Waals surface area contributed by atoms with E-state index >= 15 is 0 Å². The smallest absolute Gasteiger partial charge is 0.0114 e. The monoisotopic (exact) mass is 236 g/mol. The normalized spacial score (nSPS) is 37.6. The zero-order valence-corrected chi connectivity index (χ0v) is 11.3. The molecule has 0 aromatic rings. The van der Waals surface area contributed by atoms with E-state index in [9.17, 15) is 0 Å². The topological polar surface area (TPSA) is 15.3 Å². The summed E-state index contributed by atoms with van der Waals surface area (Å²) in [5, 5.41) is 3.66. The van der Waals surface area contributed by atoms with Gasteiger partial charge in [0.2, 0.25) is 0 Å². The molecular weight excluding hydrogens is 208 g/mol. The van der Waals surface area contributed by atoms with Crippen LogP contribution < -0.4 is 5.32 Å². The maximum absolute atomic E-state index is 3.66. The van der Waals surface area contributed by atoms with Gasteiger partial charge in [0.1, 0.15) is 0 Å². The summed E-state index contributed by atoms with van der Waals surface area (Å²) in [6, 6.07) is 2.64.